The highest BCUT2D eigenvalue weighted by Gasteiger charge is 2.50. The van der Waals surface area contributed by atoms with Crippen LogP contribution in [-0.2, 0) is 30.4 Å². The van der Waals surface area contributed by atoms with E-state index in [1.165, 1.54) is 6.08 Å². The number of methoxy groups -OCH3 is 1. The molecule has 0 aliphatic rings. The van der Waals surface area contributed by atoms with Crippen molar-refractivity contribution in [3.63, 3.8) is 0 Å². The van der Waals surface area contributed by atoms with Crippen LogP contribution < -0.4 is 4.74 Å². The third-order valence-electron chi connectivity index (χ3n) is 4.48. The van der Waals surface area contributed by atoms with E-state index in [9.17, 15) is 14.7 Å². The molecule has 1 aromatic rings. The number of aliphatic hydroxyl groups is 1. The first-order valence-corrected chi connectivity index (χ1v) is 10.7. The van der Waals surface area contributed by atoms with Crippen molar-refractivity contribution >= 4 is 11.9 Å². The Balaban J connectivity index is 3.02. The molecule has 0 amide bonds. The fraction of sp³-hybridized carbons (Fsp3) is 0.600. The van der Waals surface area contributed by atoms with Crippen molar-refractivity contribution in [1.82, 2.24) is 0 Å². The zero-order valence-electron chi connectivity index (χ0n) is 20.4. The van der Waals surface area contributed by atoms with Gasteiger partial charge in [-0.1, -0.05) is 18.2 Å². The molecule has 0 bridgehead atoms. The Labute approximate surface area is 191 Å². The van der Waals surface area contributed by atoms with Gasteiger partial charge in [0.2, 0.25) is 0 Å². The monoisotopic (exact) mass is 450 g/mol. The summed E-state index contributed by atoms with van der Waals surface area (Å²) in [5.74, 6) is -2.03. The number of esters is 2. The molecule has 0 saturated heterocycles. The summed E-state index contributed by atoms with van der Waals surface area (Å²) in [6, 6.07) is 7.36. The Morgan fingerprint density at radius 1 is 1.03 bits per heavy atom. The summed E-state index contributed by atoms with van der Waals surface area (Å²) < 4.78 is 21.7. The number of carbonyl (C=O) groups excluding carboxylic acids is 2. The molecule has 2 atom stereocenters. The molecule has 0 unspecified atom stereocenters. The molecule has 0 aliphatic heterocycles. The predicted molar refractivity (Wildman–Crippen MR) is 122 cm³/mol. The van der Waals surface area contributed by atoms with Gasteiger partial charge in [-0.25, -0.2) is 4.79 Å². The largest absolute Gasteiger partial charge is 0.497 e. The number of rotatable bonds is 11. The Morgan fingerprint density at radius 2 is 1.59 bits per heavy atom. The number of allylic oxidation sites excluding steroid dienone is 1. The smallest absolute Gasteiger partial charge is 0.339 e. The molecular weight excluding hydrogens is 412 g/mol. The Bertz CT molecular complexity index is 756. The van der Waals surface area contributed by atoms with Gasteiger partial charge >= 0.3 is 11.9 Å². The Morgan fingerprint density at radius 3 is 2.06 bits per heavy atom. The van der Waals surface area contributed by atoms with E-state index in [1.54, 1.807) is 48.7 Å². The van der Waals surface area contributed by atoms with E-state index in [1.807, 2.05) is 24.3 Å². The number of benzene rings is 1. The lowest BCUT2D eigenvalue weighted by molar-refractivity contribution is -0.196. The van der Waals surface area contributed by atoms with Crippen molar-refractivity contribution < 1.29 is 33.6 Å². The summed E-state index contributed by atoms with van der Waals surface area (Å²) in [5, 5.41) is 11.4. The number of hydrogen-bond donors (Lipinski definition) is 1. The third kappa shape index (κ3) is 9.01. The van der Waals surface area contributed by atoms with Crippen LogP contribution in [0.5, 0.6) is 5.75 Å². The maximum Gasteiger partial charge on any atom is 0.339 e. The quantitative estimate of drug-likeness (QED) is 0.307. The zero-order chi connectivity index (χ0) is 24.6. The molecule has 32 heavy (non-hydrogen) atoms. The molecule has 7 nitrogen and oxygen atoms in total. The highest BCUT2D eigenvalue weighted by molar-refractivity contribution is 5.88. The number of ether oxygens (including phenoxy) is 4. The lowest BCUT2D eigenvalue weighted by atomic mass is 9.82. The lowest BCUT2D eigenvalue weighted by Crippen LogP contribution is -2.53. The van der Waals surface area contributed by atoms with Gasteiger partial charge in [-0.05, 0) is 65.7 Å². The van der Waals surface area contributed by atoms with Crippen LogP contribution in [-0.4, -0.2) is 47.6 Å². The highest BCUT2D eigenvalue weighted by atomic mass is 16.6. The van der Waals surface area contributed by atoms with E-state index in [4.69, 9.17) is 18.9 Å². The molecule has 0 radical (unpaired) electrons. The van der Waals surface area contributed by atoms with E-state index >= 15 is 0 Å². The molecule has 0 aliphatic carbocycles. The average Bonchev–Trinajstić information content (AvgIpc) is 2.67. The van der Waals surface area contributed by atoms with Crippen LogP contribution in [0.15, 0.2) is 36.9 Å². The Kier molecular flexibility index (Phi) is 9.92. The number of carbonyl (C=O) groups is 2. The van der Waals surface area contributed by atoms with E-state index in [0.717, 1.165) is 11.3 Å². The minimum atomic E-state index is -2.14. The van der Waals surface area contributed by atoms with Crippen LogP contribution in [0.1, 0.15) is 59.9 Å². The third-order valence-corrected chi connectivity index (χ3v) is 4.48. The van der Waals surface area contributed by atoms with Crippen LogP contribution in [0.25, 0.3) is 0 Å². The fourth-order valence-corrected chi connectivity index (χ4v) is 2.95. The van der Waals surface area contributed by atoms with Gasteiger partial charge in [0, 0.05) is 6.42 Å². The molecule has 7 heteroatoms. The summed E-state index contributed by atoms with van der Waals surface area (Å²) in [6.07, 6.45) is 1.38. The highest BCUT2D eigenvalue weighted by Crippen LogP contribution is 2.31. The van der Waals surface area contributed by atoms with Crippen molar-refractivity contribution in [2.24, 2.45) is 5.92 Å². The minimum absolute atomic E-state index is 0.0260. The normalized spacial score (nSPS) is 14.8. The first-order valence-electron chi connectivity index (χ1n) is 10.7. The van der Waals surface area contributed by atoms with Crippen molar-refractivity contribution in [2.45, 2.75) is 77.8 Å². The second-order valence-electron chi connectivity index (χ2n) is 9.69. The van der Waals surface area contributed by atoms with Gasteiger partial charge in [0.05, 0.1) is 26.2 Å². The van der Waals surface area contributed by atoms with Crippen molar-refractivity contribution in [2.75, 3.05) is 13.7 Å². The molecule has 1 N–H and O–H groups in total. The Hall–Kier alpha value is -2.38. The van der Waals surface area contributed by atoms with E-state index in [-0.39, 0.29) is 26.1 Å². The molecule has 0 heterocycles. The SMILES string of the molecule is C=CC[C@H](C(=O)OC(C)(C)C)[C@@](O)(CCOCc1ccc(OC)cc1)C(=O)OC(C)(C)C. The summed E-state index contributed by atoms with van der Waals surface area (Å²) in [4.78, 5) is 25.9. The van der Waals surface area contributed by atoms with Gasteiger partial charge in [0.1, 0.15) is 17.0 Å². The summed E-state index contributed by atoms with van der Waals surface area (Å²) in [5.41, 5.74) is -2.86. The zero-order valence-corrected chi connectivity index (χ0v) is 20.4. The molecule has 1 aromatic carbocycles. The molecule has 1 rings (SSSR count). The molecular formula is C25H38O7. The standard InChI is InChI=1S/C25H38O7/c1-9-10-20(21(26)31-23(2,3)4)25(28,22(27)32-24(5,6)7)15-16-30-17-18-11-13-19(29-8)14-12-18/h9,11-14,20,28H,1,10,15-17H2,2-8H3/t20-,25+/m1/s1. The summed E-state index contributed by atoms with van der Waals surface area (Å²) in [6.45, 7) is 14.2. The van der Waals surface area contributed by atoms with Gasteiger partial charge in [-0.3, -0.25) is 4.79 Å². The van der Waals surface area contributed by atoms with Crippen LogP contribution >= 0.6 is 0 Å². The minimum Gasteiger partial charge on any atom is -0.497 e. The van der Waals surface area contributed by atoms with Crippen LogP contribution in [0.4, 0.5) is 0 Å². The van der Waals surface area contributed by atoms with E-state index < -0.39 is 34.7 Å². The molecule has 0 aromatic heterocycles. The predicted octanol–water partition coefficient (Wildman–Crippen LogP) is 4.21. The van der Waals surface area contributed by atoms with Gasteiger partial charge in [0.15, 0.2) is 5.60 Å². The second-order valence-corrected chi connectivity index (χ2v) is 9.69. The van der Waals surface area contributed by atoms with Crippen LogP contribution in [0.3, 0.4) is 0 Å². The van der Waals surface area contributed by atoms with Crippen LogP contribution in [0, 0.1) is 5.92 Å². The van der Waals surface area contributed by atoms with E-state index in [2.05, 4.69) is 6.58 Å². The van der Waals surface area contributed by atoms with Gasteiger partial charge < -0.3 is 24.1 Å². The van der Waals surface area contributed by atoms with Crippen molar-refractivity contribution in [1.29, 1.82) is 0 Å². The topological polar surface area (TPSA) is 91.3 Å². The molecule has 180 valence electrons. The van der Waals surface area contributed by atoms with Gasteiger partial charge in [-0.15, -0.1) is 6.58 Å². The summed E-state index contributed by atoms with van der Waals surface area (Å²) >= 11 is 0. The van der Waals surface area contributed by atoms with Crippen LogP contribution in [0.2, 0.25) is 0 Å². The maximum absolute atomic E-state index is 13.0. The van der Waals surface area contributed by atoms with Gasteiger partial charge in [0.25, 0.3) is 0 Å². The molecule has 0 spiro atoms. The summed E-state index contributed by atoms with van der Waals surface area (Å²) in [7, 11) is 1.59. The number of hydrogen-bond acceptors (Lipinski definition) is 7. The van der Waals surface area contributed by atoms with E-state index in [0.29, 0.717) is 0 Å². The molecule has 0 fully saturated rings. The lowest BCUT2D eigenvalue weighted by Gasteiger charge is -2.36. The first-order chi connectivity index (χ1) is 14.7. The average molecular weight is 451 g/mol. The van der Waals surface area contributed by atoms with Crippen molar-refractivity contribution in [3.05, 3.63) is 42.5 Å². The van der Waals surface area contributed by atoms with Crippen molar-refractivity contribution in [3.8, 4) is 5.75 Å². The first kappa shape index (κ1) is 27.7. The fourth-order valence-electron chi connectivity index (χ4n) is 2.95. The maximum atomic E-state index is 13.0. The second kappa shape index (κ2) is 11.5. The molecule has 0 saturated carbocycles. The van der Waals surface area contributed by atoms with Gasteiger partial charge in [-0.2, -0.15) is 0 Å².